The van der Waals surface area contributed by atoms with Crippen molar-refractivity contribution in [1.82, 2.24) is 0 Å². The van der Waals surface area contributed by atoms with Crippen molar-refractivity contribution >= 4 is 17.4 Å². The highest BCUT2D eigenvalue weighted by Crippen LogP contribution is 2.40. The number of benzene rings is 1. The molecule has 1 unspecified atom stereocenters. The summed E-state index contributed by atoms with van der Waals surface area (Å²) in [6, 6.07) is 4.43. The van der Waals surface area contributed by atoms with Gasteiger partial charge in [0, 0.05) is 23.4 Å². The lowest BCUT2D eigenvalue weighted by Gasteiger charge is -2.36. The average molecular weight is 325 g/mol. The van der Waals surface area contributed by atoms with Crippen LogP contribution in [-0.4, -0.2) is 11.7 Å². The molecule has 23 heavy (non-hydrogen) atoms. The molecule has 0 heterocycles. The van der Waals surface area contributed by atoms with Crippen molar-refractivity contribution in [2.75, 3.05) is 5.32 Å². The van der Waals surface area contributed by atoms with E-state index in [1.54, 1.807) is 0 Å². The second-order valence-electron chi connectivity index (χ2n) is 6.46. The number of Topliss-reactive ketones (excluding diaryl/α,β-unsaturated/α-hetero) is 1. The maximum Gasteiger partial charge on any atom is 0.416 e. The number of amides is 1. The van der Waals surface area contributed by atoms with Gasteiger partial charge in [-0.1, -0.05) is 6.42 Å². The van der Waals surface area contributed by atoms with Crippen LogP contribution in [0.5, 0.6) is 0 Å². The van der Waals surface area contributed by atoms with E-state index in [4.69, 9.17) is 0 Å². The topological polar surface area (TPSA) is 46.2 Å². The van der Waals surface area contributed by atoms with Crippen LogP contribution in [-0.2, 0) is 15.8 Å². The van der Waals surface area contributed by atoms with Gasteiger partial charge in [0.15, 0.2) is 0 Å². The summed E-state index contributed by atoms with van der Waals surface area (Å²) in [6.07, 6.45) is -0.541. The number of hydrogen-bond acceptors (Lipinski definition) is 2. The highest BCUT2D eigenvalue weighted by atomic mass is 19.4. The highest BCUT2D eigenvalue weighted by molar-refractivity contribution is 5.95. The lowest BCUT2D eigenvalue weighted by Crippen LogP contribution is -2.40. The average Bonchev–Trinajstić information content (AvgIpc) is 2.46. The van der Waals surface area contributed by atoms with Gasteiger partial charge in [-0.2, -0.15) is 13.2 Å². The van der Waals surface area contributed by atoms with E-state index < -0.39 is 11.7 Å². The number of hydrogen-bond donors (Lipinski definition) is 1. The van der Waals surface area contributed by atoms with E-state index in [0.29, 0.717) is 18.5 Å². The summed E-state index contributed by atoms with van der Waals surface area (Å²) in [7, 11) is 0. The number of carbonyl (C=O) groups excluding carboxylic acids is 2. The molecular formula is C17H18F3NO2. The monoisotopic (exact) mass is 325 g/mol. The van der Waals surface area contributed by atoms with Gasteiger partial charge in [0.2, 0.25) is 5.91 Å². The van der Waals surface area contributed by atoms with Crippen LogP contribution in [0.4, 0.5) is 18.9 Å². The van der Waals surface area contributed by atoms with Crippen LogP contribution in [0.25, 0.3) is 0 Å². The van der Waals surface area contributed by atoms with E-state index >= 15 is 0 Å². The van der Waals surface area contributed by atoms with E-state index in [2.05, 4.69) is 5.32 Å². The van der Waals surface area contributed by atoms with Gasteiger partial charge in [-0.15, -0.1) is 0 Å². The molecule has 1 amide bonds. The lowest BCUT2D eigenvalue weighted by molar-refractivity contribution is -0.138. The second kappa shape index (κ2) is 5.98. The number of anilines is 1. The van der Waals surface area contributed by atoms with Gasteiger partial charge in [-0.25, -0.2) is 0 Å². The maximum atomic E-state index is 12.5. The molecule has 1 N–H and O–H groups in total. The molecule has 2 fully saturated rings. The molecular weight excluding hydrogens is 307 g/mol. The van der Waals surface area contributed by atoms with Crippen LogP contribution in [0.3, 0.4) is 0 Å². The standard InChI is InChI=1S/C17H18F3NO2/c18-17(19,20)13-4-6-14(7-5-13)21-16(23)12-8-10-2-1-3-11(9-12)15(10)22/h4-7,10-12H,1-3,8-9H2,(H,21,23)/t10-,11+,12?. The van der Waals surface area contributed by atoms with Gasteiger partial charge in [0.25, 0.3) is 0 Å². The van der Waals surface area contributed by atoms with Gasteiger partial charge in [-0.3, -0.25) is 9.59 Å². The Bertz CT molecular complexity index is 593. The molecule has 2 bridgehead atoms. The molecule has 3 nitrogen and oxygen atoms in total. The summed E-state index contributed by atoms with van der Waals surface area (Å²) in [4.78, 5) is 24.4. The Kier molecular flexibility index (Phi) is 4.17. The minimum absolute atomic E-state index is 0.0224. The van der Waals surface area contributed by atoms with Gasteiger partial charge >= 0.3 is 6.18 Å². The minimum atomic E-state index is -4.39. The van der Waals surface area contributed by atoms with Crippen molar-refractivity contribution < 1.29 is 22.8 Å². The van der Waals surface area contributed by atoms with E-state index in [9.17, 15) is 22.8 Å². The van der Waals surface area contributed by atoms with E-state index in [1.807, 2.05) is 0 Å². The maximum absolute atomic E-state index is 12.5. The zero-order valence-electron chi connectivity index (χ0n) is 12.5. The molecule has 3 atom stereocenters. The van der Waals surface area contributed by atoms with E-state index in [0.717, 1.165) is 31.4 Å². The molecule has 0 aliphatic heterocycles. The zero-order chi connectivity index (χ0) is 16.6. The number of carbonyl (C=O) groups is 2. The first-order chi connectivity index (χ1) is 10.8. The molecule has 6 heteroatoms. The summed E-state index contributed by atoms with van der Waals surface area (Å²) < 4.78 is 37.6. The lowest BCUT2D eigenvalue weighted by atomic mass is 9.67. The van der Waals surface area contributed by atoms with Crippen molar-refractivity contribution in [3.63, 3.8) is 0 Å². The van der Waals surface area contributed by atoms with Crippen molar-refractivity contribution in [2.45, 2.75) is 38.3 Å². The SMILES string of the molecule is O=C(Nc1ccc(C(F)(F)F)cc1)C1C[C@H]2CCC[C@@H](C1)C2=O. The van der Waals surface area contributed by atoms with E-state index in [-0.39, 0.29) is 29.4 Å². The van der Waals surface area contributed by atoms with Crippen LogP contribution >= 0.6 is 0 Å². The Labute approximate surface area is 132 Å². The first-order valence-electron chi connectivity index (χ1n) is 7.86. The summed E-state index contributed by atoms with van der Waals surface area (Å²) >= 11 is 0. The normalized spacial score (nSPS) is 27.6. The number of nitrogens with one attached hydrogen (secondary N) is 1. The molecule has 2 aliphatic rings. The molecule has 2 aliphatic carbocycles. The molecule has 124 valence electrons. The first-order valence-corrected chi connectivity index (χ1v) is 7.86. The van der Waals surface area contributed by atoms with Crippen molar-refractivity contribution in [3.8, 4) is 0 Å². The fourth-order valence-electron chi connectivity index (χ4n) is 3.68. The fourth-order valence-corrected chi connectivity index (χ4v) is 3.68. The molecule has 1 aromatic rings. The number of ketones is 1. The van der Waals surface area contributed by atoms with Crippen molar-refractivity contribution in [3.05, 3.63) is 29.8 Å². The third kappa shape index (κ3) is 3.41. The predicted molar refractivity (Wildman–Crippen MR) is 78.6 cm³/mol. The summed E-state index contributed by atoms with van der Waals surface area (Å²) in [5, 5.41) is 2.68. The Morgan fingerprint density at radius 2 is 1.61 bits per heavy atom. The summed E-state index contributed by atoms with van der Waals surface area (Å²) in [6.45, 7) is 0. The quantitative estimate of drug-likeness (QED) is 0.892. The molecule has 0 radical (unpaired) electrons. The van der Waals surface area contributed by atoms with Crippen LogP contribution < -0.4 is 5.32 Å². The van der Waals surface area contributed by atoms with Gasteiger partial charge < -0.3 is 5.32 Å². The molecule has 2 saturated carbocycles. The van der Waals surface area contributed by atoms with Crippen LogP contribution in [0.1, 0.15) is 37.7 Å². The smallest absolute Gasteiger partial charge is 0.326 e. The summed E-state index contributed by atoms with van der Waals surface area (Å²) in [5.41, 5.74) is -0.390. The highest BCUT2D eigenvalue weighted by Gasteiger charge is 2.41. The number of halogens is 3. The molecule has 0 aromatic heterocycles. The number of alkyl halides is 3. The van der Waals surface area contributed by atoms with Crippen molar-refractivity contribution in [1.29, 1.82) is 0 Å². The second-order valence-corrected chi connectivity index (χ2v) is 6.46. The fraction of sp³-hybridized carbons (Fsp3) is 0.529. The molecule has 1 aromatic carbocycles. The minimum Gasteiger partial charge on any atom is -0.326 e. The van der Waals surface area contributed by atoms with Crippen molar-refractivity contribution in [2.24, 2.45) is 17.8 Å². The van der Waals surface area contributed by atoms with Gasteiger partial charge in [0.1, 0.15) is 5.78 Å². The third-order valence-electron chi connectivity index (χ3n) is 4.90. The van der Waals surface area contributed by atoms with E-state index in [1.165, 1.54) is 12.1 Å². The summed E-state index contributed by atoms with van der Waals surface area (Å²) in [5.74, 6) is -0.189. The largest absolute Gasteiger partial charge is 0.416 e. The van der Waals surface area contributed by atoms with Gasteiger partial charge in [-0.05, 0) is 49.9 Å². The first kappa shape index (κ1) is 16.0. The Hall–Kier alpha value is -1.85. The zero-order valence-corrected chi connectivity index (χ0v) is 12.5. The Balaban J connectivity index is 1.64. The van der Waals surface area contributed by atoms with Crippen LogP contribution in [0.2, 0.25) is 0 Å². The molecule has 3 rings (SSSR count). The van der Waals surface area contributed by atoms with Crippen LogP contribution in [0.15, 0.2) is 24.3 Å². The Morgan fingerprint density at radius 3 is 2.13 bits per heavy atom. The third-order valence-corrected chi connectivity index (χ3v) is 4.90. The predicted octanol–water partition coefficient (Wildman–Crippen LogP) is 4.04. The van der Waals surface area contributed by atoms with Gasteiger partial charge in [0.05, 0.1) is 5.56 Å². The number of fused-ring (bicyclic) bond motifs is 2. The van der Waals surface area contributed by atoms with Crippen LogP contribution in [0, 0.1) is 17.8 Å². The Morgan fingerprint density at radius 1 is 1.04 bits per heavy atom. The molecule has 0 saturated heterocycles. The molecule has 0 spiro atoms. The number of rotatable bonds is 2.